The summed E-state index contributed by atoms with van der Waals surface area (Å²) in [6.45, 7) is 2.80. The second kappa shape index (κ2) is 11.2. The molecule has 2 amide bonds. The number of sulfonamides is 1. The molecule has 9 heteroatoms. The summed E-state index contributed by atoms with van der Waals surface area (Å²) < 4.78 is 32.9. The number of aryl methyl sites for hydroxylation is 2. The smallest absolute Gasteiger partial charge is 0.309 e. The van der Waals surface area contributed by atoms with Crippen molar-refractivity contribution in [3.63, 3.8) is 0 Å². The van der Waals surface area contributed by atoms with Gasteiger partial charge >= 0.3 is 11.8 Å². The molecule has 1 fully saturated rings. The number of ether oxygens (including phenoxy) is 1. The van der Waals surface area contributed by atoms with Crippen molar-refractivity contribution in [2.45, 2.75) is 37.3 Å². The van der Waals surface area contributed by atoms with Crippen LogP contribution < -0.4 is 10.6 Å². The Balaban J connectivity index is 1.49. The third kappa shape index (κ3) is 6.38. The fourth-order valence-corrected chi connectivity index (χ4v) is 4.99. The number of carbonyl (C=O) groups excluding carboxylic acids is 2. The third-order valence-electron chi connectivity index (χ3n) is 5.20. The highest BCUT2D eigenvalue weighted by Crippen LogP contribution is 2.22. The molecule has 1 aliphatic heterocycles. The summed E-state index contributed by atoms with van der Waals surface area (Å²) >= 11 is 0. The molecule has 32 heavy (non-hydrogen) atoms. The molecule has 0 aromatic heterocycles. The molecule has 2 aromatic carbocycles. The zero-order valence-electron chi connectivity index (χ0n) is 18.1. The predicted molar refractivity (Wildman–Crippen MR) is 120 cm³/mol. The Bertz CT molecular complexity index is 1010. The molecule has 0 spiro atoms. The number of nitrogens with one attached hydrogen (secondary N) is 2. The first kappa shape index (κ1) is 23.9. The van der Waals surface area contributed by atoms with Gasteiger partial charge in [-0.25, -0.2) is 8.42 Å². The number of benzene rings is 2. The molecule has 1 atom stereocenters. The lowest BCUT2D eigenvalue weighted by Gasteiger charge is -2.34. The van der Waals surface area contributed by atoms with Crippen LogP contribution >= 0.6 is 0 Å². The molecule has 1 aliphatic rings. The first-order valence-corrected chi connectivity index (χ1v) is 12.1. The average Bonchev–Trinajstić information content (AvgIpc) is 2.81. The molecule has 1 heterocycles. The van der Waals surface area contributed by atoms with Crippen LogP contribution in [-0.4, -0.2) is 57.0 Å². The van der Waals surface area contributed by atoms with E-state index in [0.29, 0.717) is 26.0 Å². The van der Waals surface area contributed by atoms with Crippen molar-refractivity contribution in [1.82, 2.24) is 14.9 Å². The van der Waals surface area contributed by atoms with Gasteiger partial charge in [0.25, 0.3) is 0 Å². The number of hydrogen-bond donors (Lipinski definition) is 2. The Morgan fingerprint density at radius 3 is 2.44 bits per heavy atom. The van der Waals surface area contributed by atoms with E-state index in [1.165, 1.54) is 4.31 Å². The van der Waals surface area contributed by atoms with Crippen molar-refractivity contribution in [1.29, 1.82) is 0 Å². The Labute approximate surface area is 189 Å². The van der Waals surface area contributed by atoms with E-state index < -0.39 is 28.1 Å². The molecule has 2 N–H and O–H groups in total. The van der Waals surface area contributed by atoms with Crippen molar-refractivity contribution >= 4 is 21.8 Å². The maximum Gasteiger partial charge on any atom is 0.309 e. The zero-order chi connectivity index (χ0) is 23.0. The predicted octanol–water partition coefficient (Wildman–Crippen LogP) is 1.60. The normalized spacial score (nSPS) is 17.0. The molecule has 0 aliphatic carbocycles. The second-order valence-corrected chi connectivity index (χ2v) is 9.55. The quantitative estimate of drug-likeness (QED) is 0.461. The standard InChI is InChI=1S/C23H29N3O5S/c1-18-10-12-20(13-11-18)32(29,30)26-15-6-16-31-21(26)17-25-23(28)22(27)24-14-5-9-19-7-3-2-4-8-19/h2-4,7-8,10-13,21H,5-6,9,14-17H2,1H3,(H,24,27)(H,25,28)/t21-/m0/s1. The lowest BCUT2D eigenvalue weighted by molar-refractivity contribution is -0.140. The highest BCUT2D eigenvalue weighted by molar-refractivity contribution is 7.89. The first-order chi connectivity index (χ1) is 15.4. The molecular weight excluding hydrogens is 430 g/mol. The summed E-state index contributed by atoms with van der Waals surface area (Å²) in [4.78, 5) is 24.4. The summed E-state index contributed by atoms with van der Waals surface area (Å²) in [5, 5.41) is 5.08. The Hall–Kier alpha value is -2.75. The monoisotopic (exact) mass is 459 g/mol. The minimum Gasteiger partial charge on any atom is -0.360 e. The van der Waals surface area contributed by atoms with Gasteiger partial charge in [0.15, 0.2) is 0 Å². The molecule has 3 rings (SSSR count). The van der Waals surface area contributed by atoms with Gasteiger partial charge in [0.1, 0.15) is 6.23 Å². The van der Waals surface area contributed by atoms with E-state index in [4.69, 9.17) is 4.74 Å². The maximum atomic E-state index is 13.0. The Morgan fingerprint density at radius 2 is 1.72 bits per heavy atom. The van der Waals surface area contributed by atoms with Crippen LogP contribution in [0.15, 0.2) is 59.5 Å². The SMILES string of the molecule is Cc1ccc(S(=O)(=O)N2CCCO[C@H]2CNC(=O)C(=O)NCCCc2ccccc2)cc1. The van der Waals surface area contributed by atoms with Crippen LogP contribution in [0, 0.1) is 6.92 Å². The minimum atomic E-state index is -3.78. The summed E-state index contributed by atoms with van der Waals surface area (Å²) in [5.41, 5.74) is 2.12. The average molecular weight is 460 g/mol. The largest absolute Gasteiger partial charge is 0.360 e. The molecule has 2 aromatic rings. The van der Waals surface area contributed by atoms with Crippen molar-refractivity contribution in [2.24, 2.45) is 0 Å². The van der Waals surface area contributed by atoms with Crippen molar-refractivity contribution < 1.29 is 22.7 Å². The van der Waals surface area contributed by atoms with E-state index in [9.17, 15) is 18.0 Å². The van der Waals surface area contributed by atoms with Crippen molar-refractivity contribution in [2.75, 3.05) is 26.2 Å². The van der Waals surface area contributed by atoms with E-state index in [0.717, 1.165) is 17.5 Å². The topological polar surface area (TPSA) is 105 Å². The minimum absolute atomic E-state index is 0.110. The van der Waals surface area contributed by atoms with E-state index >= 15 is 0 Å². The van der Waals surface area contributed by atoms with E-state index in [1.807, 2.05) is 37.3 Å². The van der Waals surface area contributed by atoms with Crippen LogP contribution in [0.2, 0.25) is 0 Å². The van der Waals surface area contributed by atoms with Crippen LogP contribution in [0.1, 0.15) is 24.0 Å². The van der Waals surface area contributed by atoms with Crippen LogP contribution in [0.4, 0.5) is 0 Å². The summed E-state index contributed by atoms with van der Waals surface area (Å²) in [7, 11) is -3.78. The lowest BCUT2D eigenvalue weighted by atomic mass is 10.1. The second-order valence-electron chi connectivity index (χ2n) is 7.66. The van der Waals surface area contributed by atoms with Crippen LogP contribution in [0.3, 0.4) is 0 Å². The molecule has 0 unspecified atom stereocenters. The summed E-state index contributed by atoms with van der Waals surface area (Å²) in [6.07, 6.45) is 1.18. The van der Waals surface area contributed by atoms with Gasteiger partial charge in [0.05, 0.1) is 18.0 Å². The number of amides is 2. The lowest BCUT2D eigenvalue weighted by Crippen LogP contribution is -2.53. The molecule has 0 radical (unpaired) electrons. The van der Waals surface area contributed by atoms with Crippen LogP contribution in [-0.2, 0) is 30.8 Å². The van der Waals surface area contributed by atoms with E-state index in [-0.39, 0.29) is 18.0 Å². The zero-order valence-corrected chi connectivity index (χ0v) is 18.9. The van der Waals surface area contributed by atoms with Crippen molar-refractivity contribution in [3.8, 4) is 0 Å². The van der Waals surface area contributed by atoms with Gasteiger partial charge in [0, 0.05) is 13.1 Å². The van der Waals surface area contributed by atoms with Gasteiger partial charge in [0.2, 0.25) is 10.0 Å². The number of hydrogen-bond acceptors (Lipinski definition) is 5. The number of carbonyl (C=O) groups is 2. The number of nitrogens with zero attached hydrogens (tertiary/aromatic N) is 1. The van der Waals surface area contributed by atoms with Gasteiger partial charge in [-0.15, -0.1) is 0 Å². The maximum absolute atomic E-state index is 13.0. The fraction of sp³-hybridized carbons (Fsp3) is 0.391. The van der Waals surface area contributed by atoms with Crippen LogP contribution in [0.5, 0.6) is 0 Å². The fourth-order valence-electron chi connectivity index (χ4n) is 3.43. The van der Waals surface area contributed by atoms with Gasteiger partial charge in [-0.1, -0.05) is 48.0 Å². The third-order valence-corrected chi connectivity index (χ3v) is 7.10. The number of rotatable bonds is 8. The van der Waals surface area contributed by atoms with E-state index in [1.54, 1.807) is 24.3 Å². The molecule has 1 saturated heterocycles. The van der Waals surface area contributed by atoms with Crippen molar-refractivity contribution in [3.05, 3.63) is 65.7 Å². The van der Waals surface area contributed by atoms with Gasteiger partial charge in [-0.3, -0.25) is 9.59 Å². The highest BCUT2D eigenvalue weighted by atomic mass is 32.2. The van der Waals surface area contributed by atoms with Gasteiger partial charge in [-0.05, 0) is 43.9 Å². The Morgan fingerprint density at radius 1 is 1.03 bits per heavy atom. The molecule has 172 valence electrons. The van der Waals surface area contributed by atoms with E-state index in [2.05, 4.69) is 10.6 Å². The summed E-state index contributed by atoms with van der Waals surface area (Å²) in [6, 6.07) is 16.4. The molecular formula is C23H29N3O5S. The van der Waals surface area contributed by atoms with Gasteiger partial charge < -0.3 is 15.4 Å². The first-order valence-electron chi connectivity index (χ1n) is 10.7. The molecule has 8 nitrogen and oxygen atoms in total. The highest BCUT2D eigenvalue weighted by Gasteiger charge is 2.34. The summed E-state index contributed by atoms with van der Waals surface area (Å²) in [5.74, 6) is -1.56. The van der Waals surface area contributed by atoms with Crippen LogP contribution in [0.25, 0.3) is 0 Å². The molecule has 0 bridgehead atoms. The molecule has 0 saturated carbocycles. The Kier molecular flexibility index (Phi) is 8.38. The van der Waals surface area contributed by atoms with Gasteiger partial charge in [-0.2, -0.15) is 4.31 Å².